The zero-order valence-corrected chi connectivity index (χ0v) is 11.6. The van der Waals surface area contributed by atoms with Crippen LogP contribution >= 0.6 is 0 Å². The molecule has 7 heteroatoms. The van der Waals surface area contributed by atoms with Gasteiger partial charge in [-0.1, -0.05) is 12.8 Å². The van der Waals surface area contributed by atoms with Crippen LogP contribution in [0.1, 0.15) is 38.5 Å². The molecule has 0 spiro atoms. The van der Waals surface area contributed by atoms with Crippen molar-refractivity contribution in [2.75, 3.05) is 26.4 Å². The molecule has 0 saturated heterocycles. The first kappa shape index (κ1) is 18.8. The fraction of sp³-hybridized carbons (Fsp3) is 0.846. The number of hydrogen-bond donors (Lipinski definition) is 3. The normalized spacial score (nSPS) is 11.9. The highest BCUT2D eigenvalue weighted by Crippen LogP contribution is 2.07. The van der Waals surface area contributed by atoms with Gasteiger partial charge in [0.15, 0.2) is 0 Å². The van der Waals surface area contributed by atoms with E-state index in [0.717, 1.165) is 12.8 Å². The lowest BCUT2D eigenvalue weighted by molar-refractivity contribution is -0.147. The number of ether oxygens (including phenoxy) is 2. The van der Waals surface area contributed by atoms with Crippen LogP contribution in [0.25, 0.3) is 0 Å². The first-order valence-corrected chi connectivity index (χ1v) is 6.81. The molecule has 3 N–H and O–H groups in total. The van der Waals surface area contributed by atoms with E-state index in [1.807, 2.05) is 0 Å². The molecule has 7 nitrogen and oxygen atoms in total. The molecule has 0 heterocycles. The van der Waals surface area contributed by atoms with Gasteiger partial charge in [0.1, 0.15) is 19.3 Å². The predicted molar refractivity (Wildman–Crippen MR) is 69.8 cm³/mol. The number of aliphatic hydroxyl groups excluding tert-OH is 3. The predicted octanol–water partition coefficient (Wildman–Crippen LogP) is -0.241. The summed E-state index contributed by atoms with van der Waals surface area (Å²) in [5, 5.41) is 26.0. The van der Waals surface area contributed by atoms with Gasteiger partial charge >= 0.3 is 11.9 Å². The fourth-order valence-electron chi connectivity index (χ4n) is 1.44. The Kier molecular flexibility index (Phi) is 12.1. The first-order valence-electron chi connectivity index (χ1n) is 6.81. The van der Waals surface area contributed by atoms with Crippen molar-refractivity contribution in [3.63, 3.8) is 0 Å². The summed E-state index contributed by atoms with van der Waals surface area (Å²) >= 11 is 0. The summed E-state index contributed by atoms with van der Waals surface area (Å²) in [4.78, 5) is 22.3. The van der Waals surface area contributed by atoms with E-state index < -0.39 is 18.7 Å². The van der Waals surface area contributed by atoms with Gasteiger partial charge in [0, 0.05) is 12.8 Å². The van der Waals surface area contributed by atoms with E-state index in [-0.39, 0.29) is 32.2 Å². The van der Waals surface area contributed by atoms with Gasteiger partial charge in [-0.2, -0.15) is 0 Å². The Hall–Kier alpha value is -1.18. The summed E-state index contributed by atoms with van der Waals surface area (Å²) in [7, 11) is 0. The molecular weight excluding hydrogens is 268 g/mol. The van der Waals surface area contributed by atoms with Gasteiger partial charge in [-0.25, -0.2) is 0 Å². The summed E-state index contributed by atoms with van der Waals surface area (Å²) in [5.41, 5.74) is 0. The SMILES string of the molecule is O=C(CCCCCCC(=O)OCC(O)CO)OCCO. The summed E-state index contributed by atoms with van der Waals surface area (Å²) in [6.45, 7) is -0.755. The van der Waals surface area contributed by atoms with Gasteiger partial charge in [0.25, 0.3) is 0 Å². The quantitative estimate of drug-likeness (QED) is 0.336. The Balaban J connectivity index is 3.35. The lowest BCUT2D eigenvalue weighted by Gasteiger charge is -2.08. The Labute approximate surface area is 118 Å². The van der Waals surface area contributed by atoms with Crippen LogP contribution in [-0.4, -0.2) is 59.8 Å². The molecule has 1 unspecified atom stereocenters. The zero-order chi connectivity index (χ0) is 15.2. The minimum Gasteiger partial charge on any atom is -0.463 e. The molecule has 1 atom stereocenters. The Morgan fingerprint density at radius 1 is 0.900 bits per heavy atom. The van der Waals surface area contributed by atoms with Crippen LogP contribution in [0.4, 0.5) is 0 Å². The molecule has 0 aliphatic carbocycles. The van der Waals surface area contributed by atoms with E-state index in [1.54, 1.807) is 0 Å². The van der Waals surface area contributed by atoms with Gasteiger partial charge in [-0.3, -0.25) is 9.59 Å². The molecule has 0 aromatic rings. The van der Waals surface area contributed by atoms with Crippen LogP contribution in [0.5, 0.6) is 0 Å². The van der Waals surface area contributed by atoms with Crippen LogP contribution in [0, 0.1) is 0 Å². The average molecular weight is 292 g/mol. The number of rotatable bonds is 12. The maximum absolute atomic E-state index is 11.2. The maximum Gasteiger partial charge on any atom is 0.305 e. The number of aliphatic hydroxyl groups is 3. The zero-order valence-electron chi connectivity index (χ0n) is 11.6. The highest BCUT2D eigenvalue weighted by Gasteiger charge is 2.07. The minimum atomic E-state index is -1.02. The smallest absolute Gasteiger partial charge is 0.305 e. The molecule has 0 amide bonds. The number of unbranched alkanes of at least 4 members (excludes halogenated alkanes) is 3. The topological polar surface area (TPSA) is 113 Å². The van der Waals surface area contributed by atoms with Crippen LogP contribution in [0.2, 0.25) is 0 Å². The van der Waals surface area contributed by atoms with E-state index in [1.165, 1.54) is 0 Å². The molecule has 0 aromatic carbocycles. The number of esters is 2. The Morgan fingerprint density at radius 2 is 1.45 bits per heavy atom. The van der Waals surface area contributed by atoms with Crippen molar-refractivity contribution in [2.45, 2.75) is 44.6 Å². The molecule has 0 fully saturated rings. The lowest BCUT2D eigenvalue weighted by Crippen LogP contribution is -2.21. The molecule has 0 aliphatic heterocycles. The number of hydrogen-bond acceptors (Lipinski definition) is 7. The minimum absolute atomic E-state index is 0.0321. The van der Waals surface area contributed by atoms with Crippen LogP contribution in [0.15, 0.2) is 0 Å². The van der Waals surface area contributed by atoms with Crippen LogP contribution < -0.4 is 0 Å². The van der Waals surface area contributed by atoms with Crippen molar-refractivity contribution in [2.24, 2.45) is 0 Å². The number of carbonyl (C=O) groups is 2. The largest absolute Gasteiger partial charge is 0.463 e. The molecule has 0 bridgehead atoms. The summed E-state index contributed by atoms with van der Waals surface area (Å²) in [6.07, 6.45) is 2.48. The van der Waals surface area contributed by atoms with Crippen molar-refractivity contribution in [1.29, 1.82) is 0 Å². The van der Waals surface area contributed by atoms with E-state index >= 15 is 0 Å². The molecule has 118 valence electrons. The third-order valence-corrected chi connectivity index (χ3v) is 2.51. The van der Waals surface area contributed by atoms with E-state index in [2.05, 4.69) is 0 Å². The summed E-state index contributed by atoms with van der Waals surface area (Å²) in [5.74, 6) is -0.726. The molecular formula is C13H24O7. The third-order valence-electron chi connectivity index (χ3n) is 2.51. The molecule has 0 aromatic heterocycles. The monoisotopic (exact) mass is 292 g/mol. The maximum atomic E-state index is 11.2. The van der Waals surface area contributed by atoms with E-state index in [4.69, 9.17) is 24.8 Å². The molecule has 0 radical (unpaired) electrons. The lowest BCUT2D eigenvalue weighted by atomic mass is 10.1. The fourth-order valence-corrected chi connectivity index (χ4v) is 1.44. The second kappa shape index (κ2) is 12.8. The summed E-state index contributed by atoms with van der Waals surface area (Å²) in [6, 6.07) is 0. The van der Waals surface area contributed by atoms with Gasteiger partial charge in [0.05, 0.1) is 13.2 Å². The molecule has 0 rings (SSSR count). The Morgan fingerprint density at radius 3 is 1.95 bits per heavy atom. The van der Waals surface area contributed by atoms with Crippen molar-refractivity contribution >= 4 is 11.9 Å². The van der Waals surface area contributed by atoms with Gasteiger partial charge in [-0.05, 0) is 12.8 Å². The van der Waals surface area contributed by atoms with Crippen LogP contribution in [0.3, 0.4) is 0 Å². The molecule has 20 heavy (non-hydrogen) atoms. The highest BCUT2D eigenvalue weighted by atomic mass is 16.5. The highest BCUT2D eigenvalue weighted by molar-refractivity contribution is 5.69. The average Bonchev–Trinajstić information content (AvgIpc) is 2.45. The Bertz CT molecular complexity index is 267. The number of carbonyl (C=O) groups excluding carboxylic acids is 2. The van der Waals surface area contributed by atoms with Crippen molar-refractivity contribution in [1.82, 2.24) is 0 Å². The van der Waals surface area contributed by atoms with Crippen molar-refractivity contribution < 1.29 is 34.4 Å². The van der Waals surface area contributed by atoms with Gasteiger partial charge < -0.3 is 24.8 Å². The second-order valence-electron chi connectivity index (χ2n) is 4.38. The summed E-state index contributed by atoms with van der Waals surface area (Å²) < 4.78 is 9.43. The van der Waals surface area contributed by atoms with E-state index in [0.29, 0.717) is 19.3 Å². The van der Waals surface area contributed by atoms with E-state index in [9.17, 15) is 9.59 Å². The van der Waals surface area contributed by atoms with Crippen LogP contribution in [-0.2, 0) is 19.1 Å². The molecule has 0 aliphatic rings. The third kappa shape index (κ3) is 11.9. The van der Waals surface area contributed by atoms with Gasteiger partial charge in [-0.15, -0.1) is 0 Å². The standard InChI is InChI=1S/C13H24O7/c14-7-8-19-12(17)5-3-1-2-4-6-13(18)20-10-11(16)9-15/h11,14-16H,1-10H2. The molecule has 0 saturated carbocycles. The van der Waals surface area contributed by atoms with Crippen molar-refractivity contribution in [3.8, 4) is 0 Å². The first-order chi connectivity index (χ1) is 9.60. The second-order valence-corrected chi connectivity index (χ2v) is 4.38. The van der Waals surface area contributed by atoms with Crippen molar-refractivity contribution in [3.05, 3.63) is 0 Å². The van der Waals surface area contributed by atoms with Gasteiger partial charge in [0.2, 0.25) is 0 Å².